The molecule has 1 aromatic heterocycles. The third-order valence-electron chi connectivity index (χ3n) is 3.33. The first-order chi connectivity index (χ1) is 11.5. The zero-order valence-corrected chi connectivity index (χ0v) is 12.9. The van der Waals surface area contributed by atoms with Gasteiger partial charge in [-0.25, -0.2) is 17.6 Å². The van der Waals surface area contributed by atoms with Crippen LogP contribution in [0.5, 0.6) is 0 Å². The van der Waals surface area contributed by atoms with Crippen molar-refractivity contribution in [3.63, 3.8) is 0 Å². The van der Waals surface area contributed by atoms with Gasteiger partial charge in [0.2, 0.25) is 0 Å². The van der Waals surface area contributed by atoms with E-state index in [0.29, 0.717) is 0 Å². The van der Waals surface area contributed by atoms with Crippen LogP contribution in [0.1, 0.15) is 0 Å². The first-order valence-electron chi connectivity index (χ1n) is 6.80. The Labute approximate surface area is 137 Å². The number of nitrogens with zero attached hydrogens (tertiary/aromatic N) is 1. The zero-order chi connectivity index (χ0) is 17.3. The molecule has 2 aromatic carbocycles. The summed E-state index contributed by atoms with van der Waals surface area (Å²) in [6, 6.07) is 12.0. The normalized spacial score (nSPS) is 12.2. The minimum atomic E-state index is -1.91. The van der Waals surface area contributed by atoms with Crippen LogP contribution in [-0.4, -0.2) is 4.98 Å². The van der Waals surface area contributed by atoms with E-state index in [4.69, 9.17) is 4.78 Å². The topological polar surface area (TPSA) is 36.7 Å². The number of nitrogens with one attached hydrogen (secondary N) is 1. The van der Waals surface area contributed by atoms with Gasteiger partial charge in [-0.05, 0) is 35.0 Å². The SMILES string of the molecule is N=S(c1ccccc1)c1c(F)c(F)c(-c2ccccn2)c(F)c1F. The maximum atomic E-state index is 14.4. The lowest BCUT2D eigenvalue weighted by Crippen LogP contribution is -2.08. The number of halogens is 4. The summed E-state index contributed by atoms with van der Waals surface area (Å²) in [5.41, 5.74) is -1.10. The fraction of sp³-hybridized carbons (Fsp3) is 0. The molecule has 24 heavy (non-hydrogen) atoms. The van der Waals surface area contributed by atoms with Crippen molar-refractivity contribution in [2.24, 2.45) is 0 Å². The molecule has 7 heteroatoms. The van der Waals surface area contributed by atoms with Crippen LogP contribution in [-0.2, 0) is 10.7 Å². The average molecular weight is 350 g/mol. The van der Waals surface area contributed by atoms with Gasteiger partial charge in [-0.3, -0.25) is 9.76 Å². The molecule has 0 fully saturated rings. The molecule has 0 spiro atoms. The molecule has 0 aliphatic carbocycles. The summed E-state index contributed by atoms with van der Waals surface area (Å²) in [4.78, 5) is 3.04. The third-order valence-corrected chi connectivity index (χ3v) is 4.84. The first kappa shape index (κ1) is 16.3. The van der Waals surface area contributed by atoms with Crippen LogP contribution in [0.4, 0.5) is 17.6 Å². The number of benzene rings is 2. The highest BCUT2D eigenvalue weighted by Gasteiger charge is 2.29. The van der Waals surface area contributed by atoms with E-state index >= 15 is 0 Å². The predicted octanol–water partition coefficient (Wildman–Crippen LogP) is 5.10. The van der Waals surface area contributed by atoms with Gasteiger partial charge < -0.3 is 0 Å². The van der Waals surface area contributed by atoms with Gasteiger partial charge in [-0.15, -0.1) is 0 Å². The number of rotatable bonds is 3. The molecule has 0 radical (unpaired) electrons. The van der Waals surface area contributed by atoms with E-state index in [9.17, 15) is 17.6 Å². The summed E-state index contributed by atoms with van der Waals surface area (Å²) in [6.07, 6.45) is 1.26. The third kappa shape index (κ3) is 2.71. The second-order valence-electron chi connectivity index (χ2n) is 4.79. The molecule has 0 aliphatic heterocycles. The summed E-state index contributed by atoms with van der Waals surface area (Å²) < 4.78 is 65.5. The van der Waals surface area contributed by atoms with E-state index in [0.717, 1.165) is 0 Å². The maximum Gasteiger partial charge on any atom is 0.177 e. The summed E-state index contributed by atoms with van der Waals surface area (Å²) >= 11 is 0. The Bertz CT molecular complexity index is 886. The monoisotopic (exact) mass is 350 g/mol. The summed E-state index contributed by atoms with van der Waals surface area (Å²) in [7, 11) is -1.91. The van der Waals surface area contributed by atoms with Gasteiger partial charge in [0.05, 0.1) is 11.3 Å². The second-order valence-corrected chi connectivity index (χ2v) is 6.29. The molecule has 0 aliphatic rings. The predicted molar refractivity (Wildman–Crippen MR) is 82.6 cm³/mol. The van der Waals surface area contributed by atoms with Crippen molar-refractivity contribution in [1.82, 2.24) is 4.98 Å². The van der Waals surface area contributed by atoms with Crippen LogP contribution in [0, 0.1) is 28.0 Å². The Morgan fingerprint density at radius 1 is 0.750 bits per heavy atom. The number of hydrogen-bond donors (Lipinski definition) is 1. The van der Waals surface area contributed by atoms with Crippen molar-refractivity contribution in [3.05, 3.63) is 78.0 Å². The quantitative estimate of drug-likeness (QED) is 0.518. The highest BCUT2D eigenvalue weighted by molar-refractivity contribution is 7.86. The van der Waals surface area contributed by atoms with Crippen molar-refractivity contribution in [2.45, 2.75) is 9.79 Å². The van der Waals surface area contributed by atoms with Crippen LogP contribution in [0.25, 0.3) is 11.3 Å². The van der Waals surface area contributed by atoms with Gasteiger partial charge in [-0.1, -0.05) is 24.3 Å². The van der Waals surface area contributed by atoms with E-state index in [1.165, 1.54) is 36.5 Å². The molecule has 3 aromatic rings. The minimum absolute atomic E-state index is 0.221. The van der Waals surface area contributed by atoms with Crippen molar-refractivity contribution >= 4 is 10.7 Å². The van der Waals surface area contributed by atoms with Crippen LogP contribution < -0.4 is 0 Å². The van der Waals surface area contributed by atoms with Crippen LogP contribution in [0.3, 0.4) is 0 Å². The molecule has 0 amide bonds. The Balaban J connectivity index is 2.23. The fourth-order valence-electron chi connectivity index (χ4n) is 2.20. The Morgan fingerprint density at radius 3 is 1.88 bits per heavy atom. The molecule has 2 nitrogen and oxygen atoms in total. The van der Waals surface area contributed by atoms with E-state index in [1.807, 2.05) is 0 Å². The Kier molecular flexibility index (Phi) is 4.44. The number of aromatic nitrogens is 1. The molecular weight excluding hydrogens is 340 g/mol. The molecule has 0 saturated carbocycles. The van der Waals surface area contributed by atoms with Gasteiger partial charge in [0.25, 0.3) is 0 Å². The van der Waals surface area contributed by atoms with Gasteiger partial charge in [0, 0.05) is 11.1 Å². The average Bonchev–Trinajstić information content (AvgIpc) is 2.62. The highest BCUT2D eigenvalue weighted by Crippen LogP contribution is 2.34. The van der Waals surface area contributed by atoms with Crippen molar-refractivity contribution in [2.75, 3.05) is 0 Å². The van der Waals surface area contributed by atoms with E-state index in [2.05, 4.69) is 4.98 Å². The van der Waals surface area contributed by atoms with Crippen LogP contribution in [0.2, 0.25) is 0 Å². The lowest BCUT2D eigenvalue weighted by atomic mass is 10.1. The van der Waals surface area contributed by atoms with Crippen molar-refractivity contribution < 1.29 is 17.6 Å². The smallest absolute Gasteiger partial charge is 0.177 e. The largest absolute Gasteiger partial charge is 0.271 e. The molecule has 3 rings (SSSR count). The Morgan fingerprint density at radius 2 is 1.33 bits per heavy atom. The Hall–Kier alpha value is -2.54. The van der Waals surface area contributed by atoms with Gasteiger partial charge in [-0.2, -0.15) is 0 Å². The zero-order valence-electron chi connectivity index (χ0n) is 12.1. The van der Waals surface area contributed by atoms with Crippen molar-refractivity contribution in [3.8, 4) is 11.3 Å². The van der Waals surface area contributed by atoms with Gasteiger partial charge >= 0.3 is 0 Å². The molecular formula is C17H10F4N2S. The molecule has 1 unspecified atom stereocenters. The standard InChI is InChI=1S/C17H10F4N2S/c18-13-12(11-8-4-5-9-23-11)14(19)16(21)17(15(13)20)24(22)10-6-2-1-3-7-10/h1-9,22H. The fourth-order valence-corrected chi connectivity index (χ4v) is 3.40. The first-order valence-corrected chi connectivity index (χ1v) is 8.02. The second kappa shape index (κ2) is 6.52. The molecule has 0 bridgehead atoms. The van der Waals surface area contributed by atoms with Crippen LogP contribution in [0.15, 0.2) is 64.5 Å². The molecule has 1 atom stereocenters. The van der Waals surface area contributed by atoms with E-state index in [-0.39, 0.29) is 10.6 Å². The summed E-state index contributed by atoms with van der Waals surface area (Å²) in [5, 5.41) is 0. The minimum Gasteiger partial charge on any atom is -0.271 e. The highest BCUT2D eigenvalue weighted by atomic mass is 32.2. The molecule has 1 N–H and O–H groups in total. The molecule has 1 heterocycles. The van der Waals surface area contributed by atoms with Crippen molar-refractivity contribution in [1.29, 1.82) is 4.78 Å². The van der Waals surface area contributed by atoms with Crippen LogP contribution >= 0.6 is 0 Å². The van der Waals surface area contributed by atoms with Gasteiger partial charge in [0.15, 0.2) is 23.3 Å². The maximum absolute atomic E-state index is 14.4. The van der Waals surface area contributed by atoms with Gasteiger partial charge in [0.1, 0.15) is 4.90 Å². The number of hydrogen-bond acceptors (Lipinski definition) is 2. The van der Waals surface area contributed by atoms with E-state index in [1.54, 1.807) is 18.2 Å². The van der Waals surface area contributed by atoms with E-state index < -0.39 is 44.4 Å². The lowest BCUT2D eigenvalue weighted by Gasteiger charge is -2.13. The molecule has 122 valence electrons. The summed E-state index contributed by atoms with van der Waals surface area (Å²) in [6.45, 7) is 0. The number of pyridine rings is 1. The molecule has 0 saturated heterocycles. The summed E-state index contributed by atoms with van der Waals surface area (Å²) in [5.74, 6) is -6.25. The lowest BCUT2D eigenvalue weighted by molar-refractivity contribution is 0.429.